The molecule has 0 aromatic heterocycles. The second-order valence-corrected chi connectivity index (χ2v) is 3.03. The molecule has 0 aliphatic carbocycles. The molecule has 1 fully saturated rings. The number of nitriles is 1. The first-order chi connectivity index (χ1) is 5.90. The highest BCUT2D eigenvalue weighted by Crippen LogP contribution is 2.22. The van der Waals surface area contributed by atoms with Crippen molar-refractivity contribution in [2.75, 3.05) is 6.54 Å². The SMILES string of the molecule is Cl.N#Cc1ccc(C2CCN2)cc1. The fourth-order valence-corrected chi connectivity index (χ4v) is 1.36. The van der Waals surface area contributed by atoms with E-state index in [9.17, 15) is 0 Å². The summed E-state index contributed by atoms with van der Waals surface area (Å²) in [7, 11) is 0. The molecule has 1 aliphatic heterocycles. The molecule has 1 heterocycles. The van der Waals surface area contributed by atoms with Crippen LogP contribution >= 0.6 is 12.4 Å². The van der Waals surface area contributed by atoms with Crippen LogP contribution in [0.4, 0.5) is 0 Å². The molecule has 13 heavy (non-hydrogen) atoms. The molecule has 68 valence electrons. The Labute approximate surface area is 84.0 Å². The Hall–Kier alpha value is -1.04. The maximum Gasteiger partial charge on any atom is 0.0991 e. The van der Waals surface area contributed by atoms with Crippen LogP contribution < -0.4 is 5.32 Å². The third kappa shape index (κ3) is 2.00. The zero-order chi connectivity index (χ0) is 8.39. The van der Waals surface area contributed by atoms with Gasteiger partial charge in [-0.2, -0.15) is 5.26 Å². The largest absolute Gasteiger partial charge is 0.310 e. The highest BCUT2D eigenvalue weighted by molar-refractivity contribution is 5.85. The molecule has 1 aromatic rings. The van der Waals surface area contributed by atoms with Crippen LogP contribution in [-0.2, 0) is 0 Å². The molecule has 1 aliphatic rings. The number of nitrogens with one attached hydrogen (secondary N) is 1. The lowest BCUT2D eigenvalue weighted by atomic mass is 9.97. The van der Waals surface area contributed by atoms with Gasteiger partial charge in [-0.3, -0.25) is 0 Å². The molecule has 0 radical (unpaired) electrons. The molecule has 1 atom stereocenters. The van der Waals surface area contributed by atoms with Crippen LogP contribution in [0.25, 0.3) is 0 Å². The Morgan fingerprint density at radius 3 is 2.31 bits per heavy atom. The molecule has 0 bridgehead atoms. The van der Waals surface area contributed by atoms with Gasteiger partial charge in [0.05, 0.1) is 11.6 Å². The summed E-state index contributed by atoms with van der Waals surface area (Å²) in [5, 5.41) is 11.9. The number of rotatable bonds is 1. The summed E-state index contributed by atoms with van der Waals surface area (Å²) in [6.45, 7) is 1.12. The molecular weight excluding hydrogens is 184 g/mol. The Kier molecular flexibility index (Phi) is 3.30. The highest BCUT2D eigenvalue weighted by atomic mass is 35.5. The van der Waals surface area contributed by atoms with Gasteiger partial charge in [0.15, 0.2) is 0 Å². The number of hydrogen-bond donors (Lipinski definition) is 1. The fourth-order valence-electron chi connectivity index (χ4n) is 1.36. The van der Waals surface area contributed by atoms with E-state index in [-0.39, 0.29) is 12.4 Å². The Morgan fingerprint density at radius 2 is 1.92 bits per heavy atom. The van der Waals surface area contributed by atoms with Crippen molar-refractivity contribution in [3.8, 4) is 6.07 Å². The third-order valence-corrected chi connectivity index (χ3v) is 2.27. The molecule has 2 nitrogen and oxygen atoms in total. The average Bonchev–Trinajstić information content (AvgIpc) is 2.03. The van der Waals surface area contributed by atoms with Crippen molar-refractivity contribution in [3.05, 3.63) is 35.4 Å². The van der Waals surface area contributed by atoms with E-state index in [1.165, 1.54) is 12.0 Å². The maximum absolute atomic E-state index is 8.57. The van der Waals surface area contributed by atoms with E-state index >= 15 is 0 Å². The Bertz CT molecular complexity index is 309. The normalized spacial score (nSPS) is 19.5. The Morgan fingerprint density at radius 1 is 1.31 bits per heavy atom. The Balaban J connectivity index is 0.000000845. The first kappa shape index (κ1) is 10.0. The van der Waals surface area contributed by atoms with Crippen LogP contribution in [0.3, 0.4) is 0 Å². The summed E-state index contributed by atoms with van der Waals surface area (Å²) >= 11 is 0. The summed E-state index contributed by atoms with van der Waals surface area (Å²) in [6, 6.07) is 10.4. The highest BCUT2D eigenvalue weighted by Gasteiger charge is 2.17. The van der Waals surface area contributed by atoms with Crippen molar-refractivity contribution >= 4 is 12.4 Å². The van der Waals surface area contributed by atoms with E-state index in [1.54, 1.807) is 0 Å². The molecule has 3 heteroatoms. The zero-order valence-electron chi connectivity index (χ0n) is 7.16. The van der Waals surface area contributed by atoms with Gasteiger partial charge in [0.2, 0.25) is 0 Å². The first-order valence-corrected chi connectivity index (χ1v) is 4.13. The predicted octanol–water partition coefficient (Wildman–Crippen LogP) is 2.01. The number of nitrogens with zero attached hydrogens (tertiary/aromatic N) is 1. The van der Waals surface area contributed by atoms with E-state index in [4.69, 9.17) is 5.26 Å². The molecule has 1 aromatic carbocycles. The van der Waals surface area contributed by atoms with Crippen LogP contribution in [0, 0.1) is 11.3 Å². The van der Waals surface area contributed by atoms with Gasteiger partial charge in [0.1, 0.15) is 0 Å². The predicted molar refractivity (Wildman–Crippen MR) is 53.8 cm³/mol. The molecule has 0 amide bonds. The fraction of sp³-hybridized carbons (Fsp3) is 0.300. The molecule has 1 saturated heterocycles. The number of halogens is 1. The second kappa shape index (κ2) is 4.27. The lowest BCUT2D eigenvalue weighted by molar-refractivity contribution is 0.383. The van der Waals surface area contributed by atoms with Crippen LogP contribution in [0.5, 0.6) is 0 Å². The molecule has 1 N–H and O–H groups in total. The van der Waals surface area contributed by atoms with Gasteiger partial charge in [0, 0.05) is 6.04 Å². The second-order valence-electron chi connectivity index (χ2n) is 3.03. The minimum Gasteiger partial charge on any atom is -0.310 e. The molecule has 2 rings (SSSR count). The van der Waals surface area contributed by atoms with Crippen LogP contribution in [0.1, 0.15) is 23.6 Å². The standard InChI is InChI=1S/C10H10N2.ClH/c11-7-8-1-3-9(4-2-8)10-5-6-12-10;/h1-4,10,12H,5-6H2;1H. The van der Waals surface area contributed by atoms with E-state index in [0.29, 0.717) is 6.04 Å². The minimum atomic E-state index is 0. The zero-order valence-corrected chi connectivity index (χ0v) is 7.97. The molecular formula is C10H11ClN2. The monoisotopic (exact) mass is 194 g/mol. The summed E-state index contributed by atoms with van der Waals surface area (Å²) in [5.41, 5.74) is 2.03. The number of benzene rings is 1. The lowest BCUT2D eigenvalue weighted by Crippen LogP contribution is -2.34. The lowest BCUT2D eigenvalue weighted by Gasteiger charge is -2.27. The topological polar surface area (TPSA) is 35.8 Å². The molecule has 1 unspecified atom stereocenters. The molecule has 0 spiro atoms. The summed E-state index contributed by atoms with van der Waals surface area (Å²) in [4.78, 5) is 0. The van der Waals surface area contributed by atoms with Crippen molar-refractivity contribution in [1.82, 2.24) is 5.32 Å². The minimum absolute atomic E-state index is 0. The maximum atomic E-state index is 8.57. The smallest absolute Gasteiger partial charge is 0.0991 e. The van der Waals surface area contributed by atoms with Crippen molar-refractivity contribution in [2.24, 2.45) is 0 Å². The van der Waals surface area contributed by atoms with Gasteiger partial charge < -0.3 is 5.32 Å². The van der Waals surface area contributed by atoms with Gasteiger partial charge in [-0.1, -0.05) is 12.1 Å². The number of hydrogen-bond acceptors (Lipinski definition) is 2. The first-order valence-electron chi connectivity index (χ1n) is 4.13. The van der Waals surface area contributed by atoms with Gasteiger partial charge in [0.25, 0.3) is 0 Å². The van der Waals surface area contributed by atoms with Gasteiger partial charge in [-0.15, -0.1) is 12.4 Å². The van der Waals surface area contributed by atoms with Gasteiger partial charge in [-0.25, -0.2) is 0 Å². The van der Waals surface area contributed by atoms with E-state index in [1.807, 2.05) is 24.3 Å². The van der Waals surface area contributed by atoms with Crippen LogP contribution in [0.2, 0.25) is 0 Å². The summed E-state index contributed by atoms with van der Waals surface area (Å²) < 4.78 is 0. The van der Waals surface area contributed by atoms with E-state index in [2.05, 4.69) is 11.4 Å². The average molecular weight is 195 g/mol. The van der Waals surface area contributed by atoms with Crippen molar-refractivity contribution in [3.63, 3.8) is 0 Å². The molecule has 0 saturated carbocycles. The summed E-state index contributed by atoms with van der Waals surface area (Å²) in [6.07, 6.45) is 1.21. The summed E-state index contributed by atoms with van der Waals surface area (Å²) in [5.74, 6) is 0. The van der Waals surface area contributed by atoms with Crippen LogP contribution in [-0.4, -0.2) is 6.54 Å². The van der Waals surface area contributed by atoms with Crippen molar-refractivity contribution < 1.29 is 0 Å². The third-order valence-electron chi connectivity index (χ3n) is 2.27. The van der Waals surface area contributed by atoms with Crippen LogP contribution in [0.15, 0.2) is 24.3 Å². The van der Waals surface area contributed by atoms with Crippen molar-refractivity contribution in [2.45, 2.75) is 12.5 Å². The van der Waals surface area contributed by atoms with E-state index < -0.39 is 0 Å². The quantitative estimate of drug-likeness (QED) is 0.743. The van der Waals surface area contributed by atoms with Gasteiger partial charge >= 0.3 is 0 Å². The van der Waals surface area contributed by atoms with Crippen molar-refractivity contribution in [1.29, 1.82) is 5.26 Å². The van der Waals surface area contributed by atoms with E-state index in [0.717, 1.165) is 12.1 Å². The van der Waals surface area contributed by atoms with Gasteiger partial charge in [-0.05, 0) is 30.7 Å².